The molecule has 1 unspecified atom stereocenters. The Hall–Kier alpha value is -2.19. The summed E-state index contributed by atoms with van der Waals surface area (Å²) in [6.45, 7) is 5.21. The van der Waals surface area contributed by atoms with Gasteiger partial charge in [0.05, 0.1) is 17.6 Å². The molecule has 5 nitrogen and oxygen atoms in total. The van der Waals surface area contributed by atoms with E-state index in [9.17, 15) is 0 Å². The standard InChI is InChI=1S/C14H17N5/c1-3-6-16-11(2)13-5-4-12(10-18-13)19-8-7-17-14(19)9-15/h4-5,7-8,10-11,16H,3,6H2,1-2H3. The van der Waals surface area contributed by atoms with Crippen molar-refractivity contribution >= 4 is 0 Å². The van der Waals surface area contributed by atoms with Crippen molar-refractivity contribution in [2.24, 2.45) is 0 Å². The van der Waals surface area contributed by atoms with Crippen molar-refractivity contribution in [2.45, 2.75) is 26.3 Å². The van der Waals surface area contributed by atoms with Gasteiger partial charge in [0.15, 0.2) is 0 Å². The maximum Gasteiger partial charge on any atom is 0.217 e. The molecular weight excluding hydrogens is 238 g/mol. The van der Waals surface area contributed by atoms with Crippen LogP contribution < -0.4 is 5.32 Å². The van der Waals surface area contributed by atoms with Crippen molar-refractivity contribution in [3.05, 3.63) is 42.2 Å². The molecule has 2 rings (SSSR count). The van der Waals surface area contributed by atoms with Crippen LogP contribution in [-0.4, -0.2) is 21.1 Å². The van der Waals surface area contributed by atoms with Crippen molar-refractivity contribution in [1.82, 2.24) is 19.9 Å². The van der Waals surface area contributed by atoms with Crippen LogP contribution in [0.1, 0.15) is 37.8 Å². The molecule has 0 spiro atoms. The van der Waals surface area contributed by atoms with E-state index < -0.39 is 0 Å². The summed E-state index contributed by atoms with van der Waals surface area (Å²) < 4.78 is 1.72. The molecule has 0 amide bonds. The second kappa shape index (κ2) is 6.12. The third-order valence-electron chi connectivity index (χ3n) is 2.93. The molecule has 0 aliphatic heterocycles. The molecule has 0 fully saturated rings. The third-order valence-corrected chi connectivity index (χ3v) is 2.93. The van der Waals surface area contributed by atoms with E-state index in [0.717, 1.165) is 24.3 Å². The lowest BCUT2D eigenvalue weighted by Gasteiger charge is -2.13. The average Bonchev–Trinajstić information content (AvgIpc) is 2.93. The normalized spacial score (nSPS) is 12.1. The number of hydrogen-bond donors (Lipinski definition) is 1. The monoisotopic (exact) mass is 255 g/mol. The Bertz CT molecular complexity index is 564. The van der Waals surface area contributed by atoms with Gasteiger partial charge in [0.1, 0.15) is 6.07 Å². The molecule has 5 heteroatoms. The van der Waals surface area contributed by atoms with Crippen LogP contribution in [0.5, 0.6) is 0 Å². The van der Waals surface area contributed by atoms with E-state index in [4.69, 9.17) is 5.26 Å². The van der Waals surface area contributed by atoms with Crippen molar-refractivity contribution < 1.29 is 0 Å². The van der Waals surface area contributed by atoms with E-state index in [-0.39, 0.29) is 6.04 Å². The first-order valence-electron chi connectivity index (χ1n) is 6.39. The Morgan fingerprint density at radius 3 is 2.89 bits per heavy atom. The fourth-order valence-corrected chi connectivity index (χ4v) is 1.86. The number of rotatable bonds is 5. The first-order chi connectivity index (χ1) is 9.26. The lowest BCUT2D eigenvalue weighted by Crippen LogP contribution is -2.20. The van der Waals surface area contributed by atoms with Crippen LogP contribution in [0.25, 0.3) is 5.69 Å². The molecule has 0 bridgehead atoms. The van der Waals surface area contributed by atoms with Crippen LogP contribution in [0, 0.1) is 11.3 Å². The Kier molecular flexibility index (Phi) is 4.26. The van der Waals surface area contributed by atoms with Crippen molar-refractivity contribution in [3.63, 3.8) is 0 Å². The average molecular weight is 255 g/mol. The predicted molar refractivity (Wildman–Crippen MR) is 72.8 cm³/mol. The van der Waals surface area contributed by atoms with Crippen molar-refractivity contribution in [2.75, 3.05) is 6.54 Å². The second-order valence-corrected chi connectivity index (χ2v) is 4.35. The van der Waals surface area contributed by atoms with Gasteiger partial charge in [0, 0.05) is 18.4 Å². The summed E-state index contributed by atoms with van der Waals surface area (Å²) in [6, 6.07) is 6.21. The highest BCUT2D eigenvalue weighted by molar-refractivity contribution is 5.34. The zero-order valence-corrected chi connectivity index (χ0v) is 11.2. The van der Waals surface area contributed by atoms with Crippen LogP contribution >= 0.6 is 0 Å². The van der Waals surface area contributed by atoms with E-state index in [0.29, 0.717) is 5.82 Å². The van der Waals surface area contributed by atoms with Crippen LogP contribution in [0.2, 0.25) is 0 Å². The molecule has 0 aliphatic carbocycles. The first kappa shape index (κ1) is 13.2. The molecule has 2 aromatic rings. The van der Waals surface area contributed by atoms with Crippen LogP contribution in [0.4, 0.5) is 0 Å². The molecule has 1 N–H and O–H groups in total. The number of imidazole rings is 1. The zero-order chi connectivity index (χ0) is 13.7. The summed E-state index contributed by atoms with van der Waals surface area (Å²) in [6.07, 6.45) is 6.23. The molecule has 0 aliphatic rings. The summed E-state index contributed by atoms with van der Waals surface area (Å²) in [4.78, 5) is 8.41. The molecule has 2 heterocycles. The number of hydrogen-bond acceptors (Lipinski definition) is 4. The maximum absolute atomic E-state index is 8.94. The second-order valence-electron chi connectivity index (χ2n) is 4.35. The molecule has 0 saturated carbocycles. The quantitative estimate of drug-likeness (QED) is 0.889. The van der Waals surface area contributed by atoms with Crippen LogP contribution in [-0.2, 0) is 0 Å². The zero-order valence-electron chi connectivity index (χ0n) is 11.2. The molecule has 1 atom stereocenters. The molecule has 19 heavy (non-hydrogen) atoms. The third kappa shape index (κ3) is 2.98. The molecule has 98 valence electrons. The van der Waals surface area contributed by atoms with Gasteiger partial charge >= 0.3 is 0 Å². The lowest BCUT2D eigenvalue weighted by atomic mass is 10.2. The van der Waals surface area contributed by atoms with Gasteiger partial charge in [-0.1, -0.05) is 6.92 Å². The van der Waals surface area contributed by atoms with Gasteiger partial charge in [0.25, 0.3) is 0 Å². The number of nitrogens with zero attached hydrogens (tertiary/aromatic N) is 4. The van der Waals surface area contributed by atoms with Crippen molar-refractivity contribution in [1.29, 1.82) is 5.26 Å². The van der Waals surface area contributed by atoms with E-state index in [1.165, 1.54) is 0 Å². The largest absolute Gasteiger partial charge is 0.309 e. The summed E-state index contributed by atoms with van der Waals surface area (Å²) in [5.41, 5.74) is 1.84. The Balaban J connectivity index is 2.17. The Labute approximate surface area is 112 Å². The summed E-state index contributed by atoms with van der Waals surface area (Å²) in [5.74, 6) is 0.367. The smallest absolute Gasteiger partial charge is 0.217 e. The SMILES string of the molecule is CCCNC(C)c1ccc(-n2ccnc2C#N)cn1. The predicted octanol–water partition coefficient (Wildman–Crippen LogP) is 2.20. The Morgan fingerprint density at radius 2 is 2.26 bits per heavy atom. The Morgan fingerprint density at radius 1 is 1.42 bits per heavy atom. The highest BCUT2D eigenvalue weighted by Gasteiger charge is 2.07. The van der Waals surface area contributed by atoms with Gasteiger partial charge in [-0.25, -0.2) is 4.98 Å². The minimum absolute atomic E-state index is 0.229. The number of nitrogens with one attached hydrogen (secondary N) is 1. The van der Waals surface area contributed by atoms with E-state index in [2.05, 4.69) is 35.2 Å². The fraction of sp³-hybridized carbons (Fsp3) is 0.357. The van der Waals surface area contributed by atoms with Gasteiger partial charge in [-0.15, -0.1) is 0 Å². The lowest BCUT2D eigenvalue weighted by molar-refractivity contribution is 0.558. The van der Waals surface area contributed by atoms with E-state index >= 15 is 0 Å². The number of pyridine rings is 1. The molecule has 0 saturated heterocycles. The summed E-state index contributed by atoms with van der Waals surface area (Å²) in [7, 11) is 0. The van der Waals surface area contributed by atoms with Crippen LogP contribution in [0.3, 0.4) is 0 Å². The molecular formula is C14H17N5. The highest BCUT2D eigenvalue weighted by atomic mass is 15.1. The fourth-order valence-electron chi connectivity index (χ4n) is 1.86. The van der Waals surface area contributed by atoms with Gasteiger partial charge in [-0.05, 0) is 32.0 Å². The van der Waals surface area contributed by atoms with Gasteiger partial charge < -0.3 is 5.32 Å². The van der Waals surface area contributed by atoms with Crippen molar-refractivity contribution in [3.8, 4) is 11.8 Å². The highest BCUT2D eigenvalue weighted by Crippen LogP contribution is 2.13. The molecule has 2 aromatic heterocycles. The molecule has 0 radical (unpaired) electrons. The van der Waals surface area contributed by atoms with E-state index in [1.807, 2.05) is 12.1 Å². The topological polar surface area (TPSA) is 66.5 Å². The van der Waals surface area contributed by atoms with Gasteiger partial charge in [-0.2, -0.15) is 5.26 Å². The number of aromatic nitrogens is 3. The van der Waals surface area contributed by atoms with Gasteiger partial charge in [0.2, 0.25) is 5.82 Å². The minimum Gasteiger partial charge on any atom is -0.309 e. The van der Waals surface area contributed by atoms with E-state index in [1.54, 1.807) is 23.2 Å². The first-order valence-corrected chi connectivity index (χ1v) is 6.39. The van der Waals surface area contributed by atoms with Gasteiger partial charge in [-0.3, -0.25) is 9.55 Å². The number of nitriles is 1. The maximum atomic E-state index is 8.94. The van der Waals surface area contributed by atoms with Crippen LogP contribution in [0.15, 0.2) is 30.7 Å². The summed E-state index contributed by atoms with van der Waals surface area (Å²) in [5, 5.41) is 12.3. The minimum atomic E-state index is 0.229. The molecule has 0 aromatic carbocycles. The summed E-state index contributed by atoms with van der Waals surface area (Å²) >= 11 is 0.